The van der Waals surface area contributed by atoms with Crippen molar-refractivity contribution in [3.63, 3.8) is 0 Å². The normalized spacial score (nSPS) is 13.3. The third kappa shape index (κ3) is 2.36. The second-order valence-electron chi connectivity index (χ2n) is 6.07. The molecule has 0 atom stereocenters. The predicted molar refractivity (Wildman–Crippen MR) is 90.3 cm³/mol. The Labute approximate surface area is 147 Å². The zero-order valence-corrected chi connectivity index (χ0v) is 13.4. The lowest BCUT2D eigenvalue weighted by Crippen LogP contribution is -2.23. The molecule has 0 unspecified atom stereocenters. The van der Waals surface area contributed by atoms with Crippen molar-refractivity contribution in [1.29, 1.82) is 0 Å². The number of benzene rings is 2. The number of phenolic OH excluding ortho intramolecular Hbond substituents is 1. The number of fused-ring (bicyclic) bond motifs is 2. The molecule has 2 heterocycles. The molecule has 0 saturated carbocycles. The summed E-state index contributed by atoms with van der Waals surface area (Å²) in [6, 6.07) is 8.83. The number of carboxylic acid groups (broad SMARTS) is 1. The van der Waals surface area contributed by atoms with Crippen molar-refractivity contribution in [2.45, 2.75) is 13.1 Å². The highest BCUT2D eigenvalue weighted by atomic mass is 19.1. The van der Waals surface area contributed by atoms with E-state index in [9.17, 15) is 24.2 Å². The van der Waals surface area contributed by atoms with Crippen LogP contribution in [-0.2, 0) is 13.1 Å². The summed E-state index contributed by atoms with van der Waals surface area (Å²) < 4.78 is 13.1. The van der Waals surface area contributed by atoms with Gasteiger partial charge in [0.05, 0.1) is 11.1 Å². The average Bonchev–Trinajstić information content (AvgIpc) is 2.93. The Bertz CT molecular complexity index is 1060. The van der Waals surface area contributed by atoms with E-state index in [-0.39, 0.29) is 52.2 Å². The number of aromatic hydroxyl groups is 1. The summed E-state index contributed by atoms with van der Waals surface area (Å²) in [6.07, 6.45) is 1.43. The average molecular weight is 352 g/mol. The number of phenols is 1. The first-order valence-corrected chi connectivity index (χ1v) is 7.87. The molecule has 3 aromatic rings. The lowest BCUT2D eigenvalue weighted by atomic mass is 9.97. The summed E-state index contributed by atoms with van der Waals surface area (Å²) in [5.41, 5.74) is 0.987. The summed E-state index contributed by atoms with van der Waals surface area (Å²) >= 11 is 0. The van der Waals surface area contributed by atoms with Crippen LogP contribution in [0.3, 0.4) is 0 Å². The standard InChI is InChI=1S/C19H13FN2O4/c20-11-5-3-10(4-6-11)8-22-9-13-14(19(25)26)12-2-1-7-21-16(12)17(23)15(13)18(22)24/h1-7,23H,8-9H2,(H,25,26). The lowest BCUT2D eigenvalue weighted by Gasteiger charge is -2.15. The maximum absolute atomic E-state index is 13.1. The molecule has 1 aliphatic rings. The van der Waals surface area contributed by atoms with Gasteiger partial charge in [-0.1, -0.05) is 18.2 Å². The molecule has 1 amide bonds. The van der Waals surface area contributed by atoms with Crippen LogP contribution in [0.4, 0.5) is 4.39 Å². The Kier molecular flexibility index (Phi) is 3.57. The van der Waals surface area contributed by atoms with Crippen molar-refractivity contribution in [2.24, 2.45) is 0 Å². The minimum atomic E-state index is -1.18. The van der Waals surface area contributed by atoms with Crippen molar-refractivity contribution >= 4 is 22.8 Å². The van der Waals surface area contributed by atoms with Gasteiger partial charge >= 0.3 is 5.97 Å². The van der Waals surface area contributed by atoms with Gasteiger partial charge in [0.15, 0.2) is 5.75 Å². The molecule has 1 aliphatic heterocycles. The fourth-order valence-corrected chi connectivity index (χ4v) is 3.34. The number of hydrogen-bond donors (Lipinski definition) is 2. The predicted octanol–water partition coefficient (Wildman–Crippen LogP) is 2.93. The second-order valence-corrected chi connectivity index (χ2v) is 6.07. The Morgan fingerprint density at radius 2 is 1.96 bits per heavy atom. The Balaban J connectivity index is 1.83. The van der Waals surface area contributed by atoms with Gasteiger partial charge in [-0.15, -0.1) is 0 Å². The second kappa shape index (κ2) is 5.80. The van der Waals surface area contributed by atoms with Crippen LogP contribution in [0.2, 0.25) is 0 Å². The van der Waals surface area contributed by atoms with Gasteiger partial charge in [0.25, 0.3) is 5.91 Å². The molecule has 0 spiro atoms. The van der Waals surface area contributed by atoms with Gasteiger partial charge in [-0.25, -0.2) is 9.18 Å². The molecule has 7 heteroatoms. The molecule has 4 rings (SSSR count). The molecule has 26 heavy (non-hydrogen) atoms. The topological polar surface area (TPSA) is 90.7 Å². The molecule has 2 aromatic carbocycles. The number of amides is 1. The largest absolute Gasteiger partial charge is 0.505 e. The number of hydrogen-bond acceptors (Lipinski definition) is 4. The van der Waals surface area contributed by atoms with Crippen LogP contribution in [0.1, 0.15) is 31.8 Å². The quantitative estimate of drug-likeness (QED) is 0.756. The highest BCUT2D eigenvalue weighted by molar-refractivity contribution is 6.14. The molecule has 0 aliphatic carbocycles. The van der Waals surface area contributed by atoms with Crippen molar-refractivity contribution in [1.82, 2.24) is 9.88 Å². The Morgan fingerprint density at radius 3 is 2.65 bits per heavy atom. The number of nitrogens with zero attached hydrogens (tertiary/aromatic N) is 2. The van der Waals surface area contributed by atoms with Crippen LogP contribution < -0.4 is 0 Å². The molecule has 0 fully saturated rings. The van der Waals surface area contributed by atoms with Gasteiger partial charge in [0, 0.05) is 30.2 Å². The van der Waals surface area contributed by atoms with Crippen LogP contribution in [0.5, 0.6) is 5.75 Å². The number of carboxylic acids is 1. The molecule has 2 N–H and O–H groups in total. The molecular weight excluding hydrogens is 339 g/mol. The van der Waals surface area contributed by atoms with E-state index in [2.05, 4.69) is 4.98 Å². The lowest BCUT2D eigenvalue weighted by molar-refractivity contribution is 0.0693. The van der Waals surface area contributed by atoms with Crippen molar-refractivity contribution in [3.8, 4) is 5.75 Å². The summed E-state index contributed by atoms with van der Waals surface area (Å²) in [6.45, 7) is 0.224. The summed E-state index contributed by atoms with van der Waals surface area (Å²) in [5, 5.41) is 20.4. The van der Waals surface area contributed by atoms with E-state index in [0.29, 0.717) is 5.56 Å². The molecular formula is C19H13FN2O4. The van der Waals surface area contributed by atoms with E-state index in [1.54, 1.807) is 24.3 Å². The van der Waals surface area contributed by atoms with Gasteiger partial charge in [-0.3, -0.25) is 9.78 Å². The number of carbonyl (C=O) groups is 2. The van der Waals surface area contributed by atoms with E-state index in [4.69, 9.17) is 0 Å². The van der Waals surface area contributed by atoms with Crippen molar-refractivity contribution < 1.29 is 24.2 Å². The fraction of sp³-hybridized carbons (Fsp3) is 0.105. The molecule has 0 bridgehead atoms. The monoisotopic (exact) mass is 352 g/mol. The number of rotatable bonds is 3. The van der Waals surface area contributed by atoms with E-state index >= 15 is 0 Å². The molecule has 1 aromatic heterocycles. The molecule has 0 radical (unpaired) electrons. The number of halogens is 1. The number of aromatic carboxylic acids is 1. The van der Waals surface area contributed by atoms with Gasteiger partial charge in [-0.2, -0.15) is 0 Å². The third-order valence-corrected chi connectivity index (χ3v) is 4.49. The molecule has 6 nitrogen and oxygen atoms in total. The zero-order chi connectivity index (χ0) is 18.4. The first-order valence-electron chi connectivity index (χ1n) is 7.87. The first-order chi connectivity index (χ1) is 12.5. The Hall–Kier alpha value is -3.48. The van der Waals surface area contributed by atoms with Crippen molar-refractivity contribution in [2.75, 3.05) is 0 Å². The third-order valence-electron chi connectivity index (χ3n) is 4.49. The number of pyridine rings is 1. The van der Waals surface area contributed by atoms with Crippen molar-refractivity contribution in [3.05, 3.63) is 70.7 Å². The van der Waals surface area contributed by atoms with Crippen LogP contribution >= 0.6 is 0 Å². The Morgan fingerprint density at radius 1 is 1.23 bits per heavy atom. The highest BCUT2D eigenvalue weighted by Crippen LogP contribution is 2.39. The minimum absolute atomic E-state index is 0.0316. The van der Waals surface area contributed by atoms with Crippen LogP contribution in [0, 0.1) is 5.82 Å². The van der Waals surface area contributed by atoms with E-state index in [1.807, 2.05) is 0 Å². The van der Waals surface area contributed by atoms with Crippen LogP contribution in [0.15, 0.2) is 42.6 Å². The molecule has 0 saturated heterocycles. The number of aromatic nitrogens is 1. The van der Waals surface area contributed by atoms with E-state index in [1.165, 1.54) is 23.2 Å². The minimum Gasteiger partial charge on any atom is -0.505 e. The van der Waals surface area contributed by atoms with E-state index in [0.717, 1.165) is 0 Å². The smallest absolute Gasteiger partial charge is 0.336 e. The van der Waals surface area contributed by atoms with Crippen LogP contribution in [0.25, 0.3) is 10.9 Å². The van der Waals surface area contributed by atoms with Gasteiger partial charge in [-0.05, 0) is 23.8 Å². The highest BCUT2D eigenvalue weighted by Gasteiger charge is 2.36. The summed E-state index contributed by atoms with van der Waals surface area (Å²) in [7, 11) is 0. The SMILES string of the molecule is O=C(O)c1c2c(c(O)c3ncccc13)C(=O)N(Cc1ccc(F)cc1)C2. The van der Waals surface area contributed by atoms with Gasteiger partial charge in [0.1, 0.15) is 11.3 Å². The fourth-order valence-electron chi connectivity index (χ4n) is 3.34. The molecule has 130 valence electrons. The number of carbonyl (C=O) groups excluding carboxylic acids is 1. The van der Waals surface area contributed by atoms with Crippen LogP contribution in [-0.4, -0.2) is 32.0 Å². The summed E-state index contributed by atoms with van der Waals surface area (Å²) in [4.78, 5) is 30.0. The maximum atomic E-state index is 13.1. The van der Waals surface area contributed by atoms with Gasteiger partial charge < -0.3 is 15.1 Å². The first kappa shape index (κ1) is 16.0. The van der Waals surface area contributed by atoms with Gasteiger partial charge in [0.2, 0.25) is 0 Å². The zero-order valence-electron chi connectivity index (χ0n) is 13.4. The maximum Gasteiger partial charge on any atom is 0.336 e. The van der Waals surface area contributed by atoms with E-state index < -0.39 is 11.9 Å². The summed E-state index contributed by atoms with van der Waals surface area (Å²) in [5.74, 6) is -2.35.